The number of rotatable bonds is 5. The highest BCUT2D eigenvalue weighted by Crippen LogP contribution is 2.23. The molecule has 2 rings (SSSR count). The van der Waals surface area contributed by atoms with Gasteiger partial charge in [0.2, 0.25) is 0 Å². The van der Waals surface area contributed by atoms with E-state index >= 15 is 0 Å². The highest BCUT2D eigenvalue weighted by atomic mass is 32.2. The topological polar surface area (TPSA) is 73.0 Å². The van der Waals surface area contributed by atoms with Gasteiger partial charge >= 0.3 is 0 Å². The van der Waals surface area contributed by atoms with Gasteiger partial charge in [-0.3, -0.25) is 4.98 Å². The minimum atomic E-state index is -2.90. The van der Waals surface area contributed by atoms with Gasteiger partial charge in [-0.25, -0.2) is 8.42 Å². The normalized spacial score (nSPS) is 13.9. The van der Waals surface area contributed by atoms with Crippen molar-refractivity contribution in [3.05, 3.63) is 29.3 Å². The van der Waals surface area contributed by atoms with Crippen LogP contribution in [0.2, 0.25) is 0 Å². The number of hydrogen-bond donors (Lipinski definition) is 1. The van der Waals surface area contributed by atoms with Crippen LogP contribution in [0.5, 0.6) is 0 Å². The van der Waals surface area contributed by atoms with Crippen LogP contribution in [-0.2, 0) is 9.84 Å². The fourth-order valence-electron chi connectivity index (χ4n) is 1.80. The molecule has 18 heavy (non-hydrogen) atoms. The lowest BCUT2D eigenvalue weighted by Crippen LogP contribution is -2.13. The van der Waals surface area contributed by atoms with Crippen molar-refractivity contribution in [3.8, 4) is 0 Å². The van der Waals surface area contributed by atoms with Crippen molar-refractivity contribution in [2.45, 2.75) is 18.9 Å². The van der Waals surface area contributed by atoms with Gasteiger partial charge in [-0.2, -0.15) is 0 Å². The number of aromatic nitrogens is 1. The number of pyridine rings is 1. The lowest BCUT2D eigenvalue weighted by Gasteiger charge is -2.11. The zero-order chi connectivity index (χ0) is 13.2. The minimum absolute atomic E-state index is 0.147. The van der Waals surface area contributed by atoms with Crippen molar-refractivity contribution in [2.75, 3.05) is 12.0 Å². The predicted molar refractivity (Wildman–Crippen MR) is 75.5 cm³/mol. The van der Waals surface area contributed by atoms with Crippen LogP contribution in [0.15, 0.2) is 23.7 Å². The van der Waals surface area contributed by atoms with E-state index in [1.165, 1.54) is 6.26 Å². The third-order valence-corrected chi connectivity index (χ3v) is 4.67. The molecule has 0 bridgehead atoms. The summed E-state index contributed by atoms with van der Waals surface area (Å²) in [5.41, 5.74) is 8.00. The highest BCUT2D eigenvalue weighted by molar-refractivity contribution is 7.90. The van der Waals surface area contributed by atoms with Crippen molar-refractivity contribution in [1.82, 2.24) is 4.98 Å². The van der Waals surface area contributed by atoms with Crippen LogP contribution in [0.25, 0.3) is 10.2 Å². The Bertz CT molecular complexity index is 634. The fraction of sp³-hybridized carbons (Fsp3) is 0.417. The van der Waals surface area contributed by atoms with Crippen molar-refractivity contribution >= 4 is 31.4 Å². The van der Waals surface area contributed by atoms with E-state index in [0.29, 0.717) is 12.8 Å². The van der Waals surface area contributed by atoms with Crippen molar-refractivity contribution in [3.63, 3.8) is 0 Å². The third kappa shape index (κ3) is 3.51. The summed E-state index contributed by atoms with van der Waals surface area (Å²) in [4.78, 5) is 4.33. The molecule has 2 N–H and O–H groups in total. The Labute approximate surface area is 111 Å². The van der Waals surface area contributed by atoms with E-state index in [0.717, 1.165) is 15.8 Å². The lowest BCUT2D eigenvalue weighted by atomic mass is 10.1. The first-order valence-corrected chi connectivity index (χ1v) is 8.66. The number of thiophene rings is 1. The largest absolute Gasteiger partial charge is 0.324 e. The van der Waals surface area contributed by atoms with E-state index in [1.54, 1.807) is 17.5 Å². The summed E-state index contributed by atoms with van der Waals surface area (Å²) in [7, 11) is -2.90. The number of sulfone groups is 1. The Morgan fingerprint density at radius 3 is 3.00 bits per heavy atom. The molecule has 0 fully saturated rings. The van der Waals surface area contributed by atoms with E-state index in [1.807, 2.05) is 17.5 Å². The summed E-state index contributed by atoms with van der Waals surface area (Å²) in [5, 5.41) is 2.00. The lowest BCUT2D eigenvalue weighted by molar-refractivity contribution is 0.588. The molecule has 0 amide bonds. The molecule has 2 aromatic rings. The Balaban J connectivity index is 2.01. The Hall–Kier alpha value is -0.980. The first-order chi connectivity index (χ1) is 8.46. The van der Waals surface area contributed by atoms with Crippen LogP contribution in [0.3, 0.4) is 0 Å². The maximum Gasteiger partial charge on any atom is 0.147 e. The molecule has 0 aliphatic rings. The van der Waals surface area contributed by atoms with E-state index in [4.69, 9.17) is 5.73 Å². The molecule has 0 aliphatic carbocycles. The zero-order valence-corrected chi connectivity index (χ0v) is 11.8. The fourth-order valence-corrected chi connectivity index (χ4v) is 3.28. The van der Waals surface area contributed by atoms with Gasteiger partial charge in [-0.05, 0) is 35.9 Å². The maximum atomic E-state index is 11.0. The first-order valence-electron chi connectivity index (χ1n) is 5.72. The van der Waals surface area contributed by atoms with E-state index in [9.17, 15) is 8.42 Å². The van der Waals surface area contributed by atoms with Crippen LogP contribution < -0.4 is 5.73 Å². The molecule has 0 saturated carbocycles. The highest BCUT2D eigenvalue weighted by Gasteiger charge is 2.10. The monoisotopic (exact) mass is 284 g/mol. The second kappa shape index (κ2) is 5.34. The van der Waals surface area contributed by atoms with Crippen LogP contribution >= 0.6 is 11.3 Å². The number of fused-ring (bicyclic) bond motifs is 1. The Morgan fingerprint density at radius 2 is 2.28 bits per heavy atom. The molecule has 0 spiro atoms. The van der Waals surface area contributed by atoms with Crippen LogP contribution in [0.4, 0.5) is 0 Å². The average Bonchev–Trinajstić information content (AvgIpc) is 2.73. The standard InChI is InChI=1S/C12H16N2O2S2/c1-18(15,16)6-2-3-10(13)9-7-12-11(14-8-9)4-5-17-12/h4-5,7-8,10H,2-3,6,13H2,1H3. The molecule has 2 aromatic heterocycles. The van der Waals surface area contributed by atoms with Gasteiger partial charge in [0, 0.05) is 24.2 Å². The molecule has 1 atom stereocenters. The molecule has 0 aliphatic heterocycles. The minimum Gasteiger partial charge on any atom is -0.324 e. The van der Waals surface area contributed by atoms with Crippen molar-refractivity contribution < 1.29 is 8.42 Å². The van der Waals surface area contributed by atoms with Crippen LogP contribution in [0, 0.1) is 0 Å². The van der Waals surface area contributed by atoms with E-state index in [2.05, 4.69) is 4.98 Å². The van der Waals surface area contributed by atoms with E-state index < -0.39 is 9.84 Å². The molecule has 2 heterocycles. The summed E-state index contributed by atoms with van der Waals surface area (Å²) in [6, 6.07) is 3.86. The third-order valence-electron chi connectivity index (χ3n) is 2.78. The summed E-state index contributed by atoms with van der Waals surface area (Å²) in [6.45, 7) is 0. The first kappa shape index (κ1) is 13.5. The molecule has 0 aromatic carbocycles. The second-order valence-corrected chi connectivity index (χ2v) is 7.66. The van der Waals surface area contributed by atoms with Gasteiger partial charge in [-0.1, -0.05) is 0 Å². The van der Waals surface area contributed by atoms with Gasteiger partial charge in [0.1, 0.15) is 9.84 Å². The van der Waals surface area contributed by atoms with Gasteiger partial charge < -0.3 is 5.73 Å². The van der Waals surface area contributed by atoms with Gasteiger partial charge in [0.05, 0.1) is 10.2 Å². The van der Waals surface area contributed by atoms with Gasteiger partial charge in [-0.15, -0.1) is 11.3 Å². The molecule has 0 saturated heterocycles. The molecule has 98 valence electrons. The summed E-state index contributed by atoms with van der Waals surface area (Å²) in [5.74, 6) is 0.190. The van der Waals surface area contributed by atoms with Crippen molar-refractivity contribution in [2.24, 2.45) is 5.73 Å². The molecule has 4 nitrogen and oxygen atoms in total. The molecular weight excluding hydrogens is 268 g/mol. The smallest absolute Gasteiger partial charge is 0.147 e. The summed E-state index contributed by atoms with van der Waals surface area (Å²) in [6.07, 6.45) is 4.27. The summed E-state index contributed by atoms with van der Waals surface area (Å²) >= 11 is 1.63. The molecule has 0 radical (unpaired) electrons. The number of nitrogens with two attached hydrogens (primary N) is 1. The quantitative estimate of drug-likeness (QED) is 0.912. The van der Waals surface area contributed by atoms with E-state index in [-0.39, 0.29) is 11.8 Å². The Morgan fingerprint density at radius 1 is 1.50 bits per heavy atom. The van der Waals surface area contributed by atoms with Crippen LogP contribution in [0.1, 0.15) is 24.4 Å². The Kier molecular flexibility index (Phi) is 3.99. The number of nitrogens with zero attached hydrogens (tertiary/aromatic N) is 1. The maximum absolute atomic E-state index is 11.0. The molecule has 1 unspecified atom stereocenters. The zero-order valence-electron chi connectivity index (χ0n) is 10.2. The SMILES string of the molecule is CS(=O)(=O)CCCC(N)c1cnc2ccsc2c1. The summed E-state index contributed by atoms with van der Waals surface area (Å²) < 4.78 is 23.2. The average molecular weight is 284 g/mol. The predicted octanol–water partition coefficient (Wildman–Crippen LogP) is 2.12. The molecule has 6 heteroatoms. The van der Waals surface area contributed by atoms with Gasteiger partial charge in [0.15, 0.2) is 0 Å². The van der Waals surface area contributed by atoms with Gasteiger partial charge in [0.25, 0.3) is 0 Å². The second-order valence-electron chi connectivity index (χ2n) is 4.45. The molecular formula is C12H16N2O2S2. The van der Waals surface area contributed by atoms with Crippen LogP contribution in [-0.4, -0.2) is 25.4 Å². The van der Waals surface area contributed by atoms with Crippen molar-refractivity contribution in [1.29, 1.82) is 0 Å². The number of hydrogen-bond acceptors (Lipinski definition) is 5.